The summed E-state index contributed by atoms with van der Waals surface area (Å²) >= 11 is 0. The van der Waals surface area contributed by atoms with Crippen LogP contribution in [0.25, 0.3) is 10.9 Å². The minimum absolute atomic E-state index is 0.0529. The van der Waals surface area contributed by atoms with Crippen LogP contribution in [-0.4, -0.2) is 48.6 Å². The van der Waals surface area contributed by atoms with Gasteiger partial charge in [-0.2, -0.15) is 0 Å². The molecule has 0 spiro atoms. The van der Waals surface area contributed by atoms with Crippen molar-refractivity contribution in [1.29, 1.82) is 0 Å². The van der Waals surface area contributed by atoms with Crippen LogP contribution in [0.2, 0.25) is 0 Å². The molecule has 1 saturated heterocycles. The number of alkyl carbamates (subject to hydrolysis) is 1. The summed E-state index contributed by atoms with van der Waals surface area (Å²) in [5.41, 5.74) is 2.57. The van der Waals surface area contributed by atoms with Gasteiger partial charge >= 0.3 is 6.09 Å². The average Bonchev–Trinajstić information content (AvgIpc) is 2.92. The number of fused-ring (bicyclic) bond motifs is 1. The first-order chi connectivity index (χ1) is 19.9. The number of allylic oxidation sites excluding steroid dienone is 3. The lowest BCUT2D eigenvalue weighted by Gasteiger charge is -2.35. The molecule has 0 unspecified atom stereocenters. The average molecular weight is 579 g/mol. The van der Waals surface area contributed by atoms with E-state index >= 15 is 0 Å². The molecule has 2 N–H and O–H groups in total. The Morgan fingerprint density at radius 3 is 2.62 bits per heavy atom. The van der Waals surface area contributed by atoms with Crippen LogP contribution in [0.3, 0.4) is 0 Å². The first-order valence-corrected chi connectivity index (χ1v) is 14.7. The van der Waals surface area contributed by atoms with Crippen LogP contribution in [0.4, 0.5) is 9.18 Å². The van der Waals surface area contributed by atoms with Crippen molar-refractivity contribution in [2.75, 3.05) is 13.2 Å². The fourth-order valence-electron chi connectivity index (χ4n) is 6.10. The van der Waals surface area contributed by atoms with Gasteiger partial charge in [0.2, 0.25) is 0 Å². The molecule has 2 amide bonds. The van der Waals surface area contributed by atoms with E-state index < -0.39 is 17.5 Å². The summed E-state index contributed by atoms with van der Waals surface area (Å²) in [4.78, 5) is 34.5. The number of rotatable bonds is 7. The van der Waals surface area contributed by atoms with Gasteiger partial charge in [0.25, 0.3) is 5.91 Å². The molecule has 1 aromatic heterocycles. The number of hydrogen-bond donors (Lipinski definition) is 2. The third kappa shape index (κ3) is 8.03. The first-order valence-electron chi connectivity index (χ1n) is 14.7. The first kappa shape index (κ1) is 31.3. The second-order valence-electron chi connectivity index (χ2n) is 12.5. The van der Waals surface area contributed by atoms with Crippen molar-refractivity contribution in [1.82, 2.24) is 15.6 Å². The smallest absolute Gasteiger partial charge is 0.407 e. The zero-order valence-electron chi connectivity index (χ0n) is 25.3. The molecule has 42 heavy (non-hydrogen) atoms. The van der Waals surface area contributed by atoms with Gasteiger partial charge in [0.1, 0.15) is 11.4 Å². The fourth-order valence-corrected chi connectivity index (χ4v) is 6.10. The molecule has 1 aliphatic carbocycles. The van der Waals surface area contributed by atoms with Gasteiger partial charge in [0.05, 0.1) is 11.1 Å². The van der Waals surface area contributed by atoms with E-state index in [1.807, 2.05) is 39.8 Å². The zero-order chi connectivity index (χ0) is 30.4. The molecule has 9 heteroatoms. The van der Waals surface area contributed by atoms with Crippen molar-refractivity contribution in [2.45, 2.75) is 84.3 Å². The molecule has 1 aliphatic heterocycles. The SMILES string of the molecule is C=N/C=C\C(=C(/C)NC(=O)c1ccc(F)c2cc(C3CCOCC3)cnc12)[C@@H]1C[C@H](C)C[C@H](NC(=O)OC(C)(C)C)C1. The Hall–Kier alpha value is -3.59. The maximum Gasteiger partial charge on any atom is 0.407 e. The highest BCUT2D eigenvalue weighted by Crippen LogP contribution is 2.36. The number of aliphatic imine (C=N–C) groups is 1. The largest absolute Gasteiger partial charge is 0.444 e. The van der Waals surface area contributed by atoms with Crippen LogP contribution in [0.5, 0.6) is 0 Å². The van der Waals surface area contributed by atoms with Crippen molar-refractivity contribution in [3.63, 3.8) is 0 Å². The Morgan fingerprint density at radius 1 is 1.19 bits per heavy atom. The molecule has 226 valence electrons. The summed E-state index contributed by atoms with van der Waals surface area (Å²) in [5, 5.41) is 6.39. The van der Waals surface area contributed by atoms with Gasteiger partial charge in [-0.1, -0.05) is 6.92 Å². The molecular weight excluding hydrogens is 535 g/mol. The number of ether oxygens (including phenoxy) is 2. The second-order valence-corrected chi connectivity index (χ2v) is 12.5. The Morgan fingerprint density at radius 2 is 1.93 bits per heavy atom. The van der Waals surface area contributed by atoms with Crippen molar-refractivity contribution in [3.05, 3.63) is 64.9 Å². The lowest BCUT2D eigenvalue weighted by molar-refractivity contribution is 0.0478. The number of pyridine rings is 1. The molecular formula is C33H43FN4O4. The third-order valence-corrected chi connectivity index (χ3v) is 7.95. The summed E-state index contributed by atoms with van der Waals surface area (Å²) in [6.45, 7) is 14.4. The maximum atomic E-state index is 14.9. The normalized spacial score (nSPS) is 22.5. The van der Waals surface area contributed by atoms with Crippen molar-refractivity contribution in [3.8, 4) is 0 Å². The highest BCUT2D eigenvalue weighted by molar-refractivity contribution is 6.06. The monoisotopic (exact) mass is 578 g/mol. The van der Waals surface area contributed by atoms with Crippen molar-refractivity contribution in [2.24, 2.45) is 16.8 Å². The van der Waals surface area contributed by atoms with E-state index in [9.17, 15) is 14.0 Å². The Bertz CT molecular complexity index is 1370. The predicted molar refractivity (Wildman–Crippen MR) is 163 cm³/mol. The number of carbonyl (C=O) groups excluding carboxylic acids is 2. The van der Waals surface area contributed by atoms with Crippen LogP contribution in [0.1, 0.15) is 88.6 Å². The number of aromatic nitrogens is 1. The van der Waals surface area contributed by atoms with Crippen LogP contribution in [-0.2, 0) is 9.47 Å². The Kier molecular flexibility index (Phi) is 10.1. The number of benzene rings is 1. The molecule has 3 atom stereocenters. The lowest BCUT2D eigenvalue weighted by Crippen LogP contribution is -2.43. The number of nitrogens with zero attached hydrogens (tertiary/aromatic N) is 2. The van der Waals surface area contributed by atoms with E-state index in [2.05, 4.69) is 34.3 Å². The summed E-state index contributed by atoms with van der Waals surface area (Å²) in [5.74, 6) is -0.124. The van der Waals surface area contributed by atoms with E-state index in [0.29, 0.717) is 47.7 Å². The van der Waals surface area contributed by atoms with E-state index in [1.54, 1.807) is 12.4 Å². The highest BCUT2D eigenvalue weighted by Gasteiger charge is 2.31. The zero-order valence-corrected chi connectivity index (χ0v) is 25.3. The second kappa shape index (κ2) is 13.6. The van der Waals surface area contributed by atoms with E-state index in [4.69, 9.17) is 9.47 Å². The quantitative estimate of drug-likeness (QED) is 0.277. The van der Waals surface area contributed by atoms with Crippen LogP contribution in [0.15, 0.2) is 52.9 Å². The molecule has 0 bridgehead atoms. The van der Waals surface area contributed by atoms with E-state index in [-0.39, 0.29) is 23.8 Å². The molecule has 1 aromatic carbocycles. The van der Waals surface area contributed by atoms with Crippen LogP contribution < -0.4 is 10.6 Å². The lowest BCUT2D eigenvalue weighted by atomic mass is 9.75. The molecule has 2 heterocycles. The van der Waals surface area contributed by atoms with Gasteiger partial charge < -0.3 is 20.1 Å². The summed E-state index contributed by atoms with van der Waals surface area (Å²) < 4.78 is 25.9. The molecule has 2 fully saturated rings. The highest BCUT2D eigenvalue weighted by atomic mass is 19.1. The molecule has 2 aliphatic rings. The van der Waals surface area contributed by atoms with Crippen molar-refractivity contribution < 1.29 is 23.5 Å². The van der Waals surface area contributed by atoms with Crippen LogP contribution >= 0.6 is 0 Å². The van der Waals surface area contributed by atoms with E-state index in [0.717, 1.165) is 36.8 Å². The number of nitrogens with one attached hydrogen (secondary N) is 2. The minimum Gasteiger partial charge on any atom is -0.444 e. The van der Waals surface area contributed by atoms with Gasteiger partial charge in [-0.25, -0.2) is 9.18 Å². The van der Waals surface area contributed by atoms with Gasteiger partial charge in [-0.15, -0.1) is 0 Å². The van der Waals surface area contributed by atoms with Crippen LogP contribution in [0, 0.1) is 17.7 Å². The Labute approximate surface area is 247 Å². The minimum atomic E-state index is -0.583. The molecule has 4 rings (SSSR count). The Balaban J connectivity index is 1.58. The number of hydrogen-bond acceptors (Lipinski definition) is 6. The van der Waals surface area contributed by atoms with Gasteiger partial charge in [0.15, 0.2) is 0 Å². The molecule has 1 saturated carbocycles. The predicted octanol–water partition coefficient (Wildman–Crippen LogP) is 6.82. The fraction of sp³-hybridized carbons (Fsp3) is 0.515. The van der Waals surface area contributed by atoms with Gasteiger partial charge in [-0.3, -0.25) is 14.8 Å². The van der Waals surface area contributed by atoms with Gasteiger partial charge in [-0.05, 0) is 120 Å². The summed E-state index contributed by atoms with van der Waals surface area (Å²) in [7, 11) is 0. The topological polar surface area (TPSA) is 102 Å². The standard InChI is InChI=1S/C33H43FN4O4/c1-20-15-23(17-25(16-20)38-32(40)42-33(3,4)5)26(9-12-35-6)21(2)37-31(39)27-7-8-29(34)28-18-24(19-36-30(27)28)22-10-13-41-14-11-22/h7-9,12,18-20,22-23,25H,6,10-11,13-17H2,1-5H3,(H,37,39)(H,38,40)/b12-9-,26-21-/t20-,23+,25-/m0/s1. The third-order valence-electron chi connectivity index (χ3n) is 7.95. The molecule has 8 nitrogen and oxygen atoms in total. The number of amides is 2. The number of halogens is 1. The van der Waals surface area contributed by atoms with E-state index in [1.165, 1.54) is 12.1 Å². The summed E-state index contributed by atoms with van der Waals surface area (Å²) in [6.07, 6.45) is 8.91. The molecule has 2 aromatic rings. The van der Waals surface area contributed by atoms with Gasteiger partial charge in [0, 0.05) is 42.7 Å². The maximum absolute atomic E-state index is 14.9. The number of carbonyl (C=O) groups is 2. The molecule has 0 radical (unpaired) electrons. The van der Waals surface area contributed by atoms with Crippen molar-refractivity contribution >= 4 is 29.6 Å². The summed E-state index contributed by atoms with van der Waals surface area (Å²) in [6, 6.07) is 4.54.